The predicted octanol–water partition coefficient (Wildman–Crippen LogP) is 3.93. The van der Waals surface area contributed by atoms with Gasteiger partial charge < -0.3 is 24.4 Å². The number of hydrogen-bond acceptors (Lipinski definition) is 6. The van der Waals surface area contributed by atoms with Crippen molar-refractivity contribution < 1.29 is 29.0 Å². The molecule has 1 fully saturated rings. The van der Waals surface area contributed by atoms with Gasteiger partial charge in [-0.3, -0.25) is 14.4 Å². The van der Waals surface area contributed by atoms with Gasteiger partial charge in [0.1, 0.15) is 18.1 Å². The third-order valence-electron chi connectivity index (χ3n) is 6.79. The highest BCUT2D eigenvalue weighted by Crippen LogP contribution is 2.53. The molecule has 2 amide bonds. The minimum Gasteiger partial charge on any atom is -0.507 e. The number of hydrogen-bond donors (Lipinski definition) is 1. The number of Topliss-reactive ketones (excluding diaryl/α,β-unsaturated/α-hetero) is 1. The Morgan fingerprint density at radius 1 is 1.14 bits per heavy atom. The van der Waals surface area contributed by atoms with E-state index in [0.29, 0.717) is 55.2 Å². The van der Waals surface area contributed by atoms with Crippen LogP contribution in [0.25, 0.3) is 5.76 Å². The first kappa shape index (κ1) is 26.2. The van der Waals surface area contributed by atoms with Crippen molar-refractivity contribution in [2.45, 2.75) is 32.2 Å². The number of aliphatic hydroxyl groups excluding tert-OH is 1. The minimum absolute atomic E-state index is 0.114. The summed E-state index contributed by atoms with van der Waals surface area (Å²) in [5.74, 6) is -1.92. The van der Waals surface area contributed by atoms with Crippen molar-refractivity contribution in [1.82, 2.24) is 4.90 Å². The molecule has 2 heterocycles. The molecule has 1 N–H and O–H groups in total. The number of ketones is 1. The molecule has 0 aliphatic carbocycles. The van der Waals surface area contributed by atoms with Gasteiger partial charge in [-0.1, -0.05) is 37.8 Å². The van der Waals surface area contributed by atoms with Crippen LogP contribution in [0.4, 0.5) is 5.69 Å². The fourth-order valence-electron chi connectivity index (χ4n) is 5.23. The van der Waals surface area contributed by atoms with Crippen LogP contribution in [-0.2, 0) is 24.7 Å². The lowest BCUT2D eigenvalue weighted by Crippen LogP contribution is -2.52. The predicted molar refractivity (Wildman–Crippen MR) is 140 cm³/mol. The Hall–Kier alpha value is -3.91. The van der Waals surface area contributed by atoms with E-state index in [1.807, 2.05) is 26.0 Å². The molecule has 0 saturated carbocycles. The number of carbonyl (C=O) groups is 3. The van der Waals surface area contributed by atoms with Crippen molar-refractivity contribution in [3.05, 3.63) is 77.4 Å². The number of methoxy groups -OCH3 is 1. The van der Waals surface area contributed by atoms with E-state index < -0.39 is 28.9 Å². The average molecular weight is 505 g/mol. The smallest absolute Gasteiger partial charge is 0.296 e. The van der Waals surface area contributed by atoms with Crippen molar-refractivity contribution >= 4 is 29.0 Å². The number of benzene rings is 2. The van der Waals surface area contributed by atoms with Crippen LogP contribution in [0.15, 0.2) is 60.7 Å². The van der Waals surface area contributed by atoms with Crippen molar-refractivity contribution in [1.29, 1.82) is 0 Å². The van der Waals surface area contributed by atoms with Gasteiger partial charge >= 0.3 is 0 Å². The summed E-state index contributed by atoms with van der Waals surface area (Å²) >= 11 is 0. The van der Waals surface area contributed by atoms with Gasteiger partial charge in [-0.05, 0) is 49.6 Å². The third-order valence-corrected chi connectivity index (χ3v) is 6.79. The van der Waals surface area contributed by atoms with Crippen LogP contribution in [0.2, 0.25) is 0 Å². The molecule has 37 heavy (non-hydrogen) atoms. The van der Waals surface area contributed by atoms with E-state index in [-0.39, 0.29) is 12.1 Å². The zero-order valence-electron chi connectivity index (χ0n) is 21.5. The second-order valence-electron chi connectivity index (χ2n) is 9.12. The van der Waals surface area contributed by atoms with Gasteiger partial charge in [-0.2, -0.15) is 0 Å². The molecule has 0 aromatic heterocycles. The number of anilines is 1. The van der Waals surface area contributed by atoms with Crippen LogP contribution in [0, 0.1) is 6.92 Å². The van der Waals surface area contributed by atoms with Gasteiger partial charge in [0.15, 0.2) is 5.54 Å². The fraction of sp³-hybridized carbons (Fsp3) is 0.345. The molecule has 1 spiro atoms. The molecular weight excluding hydrogens is 472 g/mol. The van der Waals surface area contributed by atoms with Gasteiger partial charge in [0, 0.05) is 37.9 Å². The second-order valence-corrected chi connectivity index (χ2v) is 9.12. The Morgan fingerprint density at radius 2 is 1.89 bits per heavy atom. The molecule has 194 valence electrons. The zero-order chi connectivity index (χ0) is 26.7. The maximum Gasteiger partial charge on any atom is 0.296 e. The SMILES string of the molecule is C=CCOc1ccc(/C(O)=C2/C(=O)C(=O)N(CCCOC)C23C(=O)N(CCC)c2ccccc23)cc1C. The molecule has 2 aromatic rings. The summed E-state index contributed by atoms with van der Waals surface area (Å²) in [6.07, 6.45) is 2.73. The summed E-state index contributed by atoms with van der Waals surface area (Å²) in [5.41, 5.74) is 0.198. The Labute approximate surface area is 216 Å². The first-order chi connectivity index (χ1) is 17.8. The normalized spacial score (nSPS) is 20.1. The summed E-state index contributed by atoms with van der Waals surface area (Å²) in [6, 6.07) is 12.1. The van der Waals surface area contributed by atoms with Crippen molar-refractivity contribution in [2.75, 3.05) is 38.3 Å². The molecule has 8 nitrogen and oxygen atoms in total. The second kappa shape index (κ2) is 10.6. The summed E-state index contributed by atoms with van der Waals surface area (Å²) in [7, 11) is 1.55. The number of fused-ring (bicyclic) bond motifs is 2. The van der Waals surface area contributed by atoms with Crippen molar-refractivity contribution in [3.8, 4) is 5.75 Å². The first-order valence-electron chi connectivity index (χ1n) is 12.4. The molecule has 4 rings (SSSR count). The molecular formula is C29H32N2O6. The van der Waals surface area contributed by atoms with Gasteiger partial charge in [0.25, 0.3) is 17.6 Å². The van der Waals surface area contributed by atoms with Crippen LogP contribution in [-0.4, -0.2) is 61.0 Å². The van der Waals surface area contributed by atoms with Crippen LogP contribution in [0.3, 0.4) is 0 Å². The molecule has 1 saturated heterocycles. The molecule has 0 radical (unpaired) electrons. The molecule has 1 atom stereocenters. The van der Waals surface area contributed by atoms with Gasteiger partial charge in [0.2, 0.25) is 0 Å². The topological polar surface area (TPSA) is 96.4 Å². The lowest BCUT2D eigenvalue weighted by atomic mass is 9.81. The summed E-state index contributed by atoms with van der Waals surface area (Å²) in [5, 5.41) is 11.6. The van der Waals surface area contributed by atoms with E-state index in [0.717, 1.165) is 5.56 Å². The first-order valence-corrected chi connectivity index (χ1v) is 12.4. The molecule has 0 bridgehead atoms. The highest BCUT2D eigenvalue weighted by molar-refractivity contribution is 6.50. The number of nitrogens with zero attached hydrogens (tertiary/aromatic N) is 2. The van der Waals surface area contributed by atoms with E-state index in [9.17, 15) is 19.5 Å². The standard InChI is InChI=1S/C29H32N2O6/c1-5-14-30-22-11-8-7-10-21(22)29(28(30)35)24(26(33)27(34)31(29)15-9-17-36-4)25(32)20-12-13-23(19(3)18-20)37-16-6-2/h6-8,10-13,18,32H,2,5,9,14-17H2,1,3-4H3/b25-24+. The Bertz CT molecular complexity index is 1280. The van der Waals surface area contributed by atoms with E-state index in [2.05, 4.69) is 6.58 Å². The van der Waals surface area contributed by atoms with Gasteiger partial charge in [0.05, 0.1) is 11.3 Å². The Balaban J connectivity index is 1.96. The van der Waals surface area contributed by atoms with E-state index >= 15 is 0 Å². The minimum atomic E-state index is -1.76. The lowest BCUT2D eigenvalue weighted by Gasteiger charge is -2.34. The highest BCUT2D eigenvalue weighted by atomic mass is 16.5. The van der Waals surface area contributed by atoms with Crippen LogP contribution in [0.5, 0.6) is 5.75 Å². The van der Waals surface area contributed by atoms with Crippen LogP contribution >= 0.6 is 0 Å². The monoisotopic (exact) mass is 504 g/mol. The molecule has 2 aliphatic rings. The van der Waals surface area contributed by atoms with E-state index in [4.69, 9.17) is 9.47 Å². The Kier molecular flexibility index (Phi) is 7.50. The molecule has 1 unspecified atom stereocenters. The highest BCUT2D eigenvalue weighted by Gasteiger charge is 2.66. The van der Waals surface area contributed by atoms with Crippen LogP contribution in [0.1, 0.15) is 36.5 Å². The quantitative estimate of drug-likeness (QED) is 0.173. The van der Waals surface area contributed by atoms with E-state index in [1.165, 1.54) is 4.90 Å². The summed E-state index contributed by atoms with van der Waals surface area (Å²) in [4.78, 5) is 44.2. The van der Waals surface area contributed by atoms with Crippen molar-refractivity contribution in [2.24, 2.45) is 0 Å². The zero-order valence-corrected chi connectivity index (χ0v) is 21.5. The molecule has 2 aliphatic heterocycles. The fourth-order valence-corrected chi connectivity index (χ4v) is 5.23. The number of rotatable bonds is 10. The number of likely N-dealkylation sites (tertiary alicyclic amines) is 1. The maximum atomic E-state index is 14.3. The number of aryl methyl sites for hydroxylation is 1. The lowest BCUT2D eigenvalue weighted by molar-refractivity contribution is -0.143. The van der Waals surface area contributed by atoms with Gasteiger partial charge in [-0.25, -0.2) is 0 Å². The van der Waals surface area contributed by atoms with Crippen LogP contribution < -0.4 is 9.64 Å². The third kappa shape index (κ3) is 4.11. The number of aliphatic hydroxyl groups is 1. The molecule has 8 heteroatoms. The summed E-state index contributed by atoms with van der Waals surface area (Å²) < 4.78 is 10.8. The van der Waals surface area contributed by atoms with Gasteiger partial charge in [-0.15, -0.1) is 0 Å². The van der Waals surface area contributed by atoms with E-state index in [1.54, 1.807) is 48.4 Å². The van der Waals surface area contributed by atoms with Crippen molar-refractivity contribution in [3.63, 3.8) is 0 Å². The number of para-hydroxylation sites is 1. The largest absolute Gasteiger partial charge is 0.507 e. The summed E-state index contributed by atoms with van der Waals surface area (Å²) in [6.45, 7) is 8.60. The number of amides is 2. The average Bonchev–Trinajstić information content (AvgIpc) is 3.27. The molecule has 2 aromatic carbocycles. The number of carbonyl (C=O) groups excluding carboxylic acids is 3. The Morgan fingerprint density at radius 3 is 2.57 bits per heavy atom. The maximum absolute atomic E-state index is 14.3. The number of ether oxygens (including phenoxy) is 2.